The smallest absolute Gasteiger partial charge is 0.118 e. The van der Waals surface area contributed by atoms with Crippen LogP contribution in [0.3, 0.4) is 0 Å². The summed E-state index contributed by atoms with van der Waals surface area (Å²) >= 11 is 0. The Morgan fingerprint density at radius 3 is 2.10 bits per heavy atom. The van der Waals surface area contributed by atoms with Crippen LogP contribution in [0, 0.1) is 0 Å². The molecule has 0 atom stereocenters. The van der Waals surface area contributed by atoms with E-state index in [2.05, 4.69) is 26.6 Å². The molecule has 0 aliphatic carbocycles. The molecule has 0 saturated carbocycles. The van der Waals surface area contributed by atoms with Crippen LogP contribution in [0.4, 0.5) is 0 Å². The van der Waals surface area contributed by atoms with Crippen LogP contribution < -0.4 is 10.6 Å². The summed E-state index contributed by atoms with van der Waals surface area (Å²) in [5.41, 5.74) is 0. The maximum Gasteiger partial charge on any atom is 0.118 e. The van der Waals surface area contributed by atoms with Crippen LogP contribution in [0.15, 0.2) is 24.8 Å². The number of fused-ring (bicyclic) bond motifs is 5. The van der Waals surface area contributed by atoms with Gasteiger partial charge in [-0.15, -0.1) is 0 Å². The highest BCUT2D eigenvalue weighted by atomic mass is 16.5. The summed E-state index contributed by atoms with van der Waals surface area (Å²) in [6, 6.07) is 0. The van der Waals surface area contributed by atoms with Gasteiger partial charge in [-0.1, -0.05) is 0 Å². The predicted molar refractivity (Wildman–Crippen MR) is 78.8 cm³/mol. The minimum Gasteiger partial charge on any atom is -0.390 e. The van der Waals surface area contributed by atoms with Crippen LogP contribution in [-0.4, -0.2) is 69.1 Å². The molecular formula is C14H26N4O2. The number of hydrogen-bond donors (Lipinski definition) is 2. The maximum atomic E-state index is 5.73. The molecule has 1 fully saturated rings. The molecule has 0 aromatic rings. The molecule has 2 aliphatic rings. The second-order valence-corrected chi connectivity index (χ2v) is 4.89. The van der Waals surface area contributed by atoms with Gasteiger partial charge in [0.25, 0.3) is 0 Å². The van der Waals surface area contributed by atoms with E-state index < -0.39 is 0 Å². The average Bonchev–Trinajstić information content (AvgIpc) is 2.51. The number of nitrogens with zero attached hydrogens (tertiary/aromatic N) is 2. The van der Waals surface area contributed by atoms with Crippen LogP contribution in [0.5, 0.6) is 0 Å². The summed E-state index contributed by atoms with van der Waals surface area (Å²) in [6.07, 6.45) is 9.23. The average molecular weight is 282 g/mol. The Bertz CT molecular complexity index is 282. The first kappa shape index (κ1) is 15.0. The lowest BCUT2D eigenvalue weighted by Gasteiger charge is -2.20. The molecule has 2 N–H and O–H groups in total. The van der Waals surface area contributed by atoms with E-state index in [9.17, 15) is 0 Å². The lowest BCUT2D eigenvalue weighted by atomic mass is 10.4. The molecule has 114 valence electrons. The highest BCUT2D eigenvalue weighted by Crippen LogP contribution is 1.97. The predicted octanol–water partition coefficient (Wildman–Crippen LogP) is 0.120. The van der Waals surface area contributed by atoms with Gasteiger partial charge in [0.1, 0.15) is 6.73 Å². The van der Waals surface area contributed by atoms with E-state index in [0.717, 1.165) is 59.0 Å². The fourth-order valence-electron chi connectivity index (χ4n) is 2.05. The Kier molecular flexibility index (Phi) is 7.12. The van der Waals surface area contributed by atoms with Gasteiger partial charge < -0.3 is 29.9 Å². The van der Waals surface area contributed by atoms with Crippen molar-refractivity contribution < 1.29 is 9.47 Å². The summed E-state index contributed by atoms with van der Waals surface area (Å²) in [5, 5.41) is 6.60. The van der Waals surface area contributed by atoms with Crippen LogP contribution in [0.25, 0.3) is 0 Å². The summed E-state index contributed by atoms with van der Waals surface area (Å²) in [6.45, 7) is 7.39. The SMILES string of the molecule is C1=C\N2CCOCCN(/C=C\NCCCN/1)COCC2. The fraction of sp³-hybridized carbons (Fsp3) is 0.714. The van der Waals surface area contributed by atoms with Crippen LogP contribution >= 0.6 is 0 Å². The van der Waals surface area contributed by atoms with Crippen molar-refractivity contribution in [1.82, 2.24) is 20.4 Å². The summed E-state index contributed by atoms with van der Waals surface area (Å²) in [4.78, 5) is 4.37. The molecule has 0 aromatic carbocycles. The van der Waals surface area contributed by atoms with E-state index in [4.69, 9.17) is 9.47 Å². The van der Waals surface area contributed by atoms with Gasteiger partial charge in [0, 0.05) is 57.5 Å². The summed E-state index contributed by atoms with van der Waals surface area (Å²) in [7, 11) is 0. The van der Waals surface area contributed by atoms with Crippen molar-refractivity contribution in [3.8, 4) is 0 Å². The van der Waals surface area contributed by atoms with Crippen molar-refractivity contribution >= 4 is 0 Å². The number of ether oxygens (including phenoxy) is 2. The Hall–Kier alpha value is -1.40. The summed E-state index contributed by atoms with van der Waals surface area (Å²) < 4.78 is 11.4. The lowest BCUT2D eigenvalue weighted by molar-refractivity contribution is 0.0412. The summed E-state index contributed by atoms with van der Waals surface area (Å²) in [5.74, 6) is 0. The normalized spacial score (nSPS) is 26.0. The van der Waals surface area contributed by atoms with Gasteiger partial charge in [0.2, 0.25) is 0 Å². The maximum absolute atomic E-state index is 5.73. The van der Waals surface area contributed by atoms with Gasteiger partial charge in [0.05, 0.1) is 19.8 Å². The van der Waals surface area contributed by atoms with Crippen molar-refractivity contribution in [2.75, 3.05) is 59.3 Å². The molecule has 2 heterocycles. The van der Waals surface area contributed by atoms with Crippen molar-refractivity contribution in [2.45, 2.75) is 6.42 Å². The van der Waals surface area contributed by atoms with Crippen molar-refractivity contribution in [3.05, 3.63) is 24.8 Å². The van der Waals surface area contributed by atoms with E-state index in [1.165, 1.54) is 0 Å². The van der Waals surface area contributed by atoms with Crippen LogP contribution in [0.1, 0.15) is 6.42 Å². The van der Waals surface area contributed by atoms with E-state index in [1.807, 2.05) is 18.6 Å². The number of hydrogen-bond acceptors (Lipinski definition) is 6. The molecule has 0 amide bonds. The van der Waals surface area contributed by atoms with E-state index in [1.54, 1.807) is 0 Å². The molecule has 2 bridgehead atoms. The van der Waals surface area contributed by atoms with Gasteiger partial charge in [-0.05, 0) is 6.42 Å². The first-order valence-electron chi connectivity index (χ1n) is 7.39. The first-order valence-corrected chi connectivity index (χ1v) is 7.39. The van der Waals surface area contributed by atoms with Gasteiger partial charge in [0.15, 0.2) is 0 Å². The molecule has 2 aliphatic heterocycles. The first-order chi connectivity index (χ1) is 9.95. The van der Waals surface area contributed by atoms with Crippen molar-refractivity contribution in [3.63, 3.8) is 0 Å². The minimum atomic E-state index is 0.608. The second-order valence-electron chi connectivity index (χ2n) is 4.89. The minimum absolute atomic E-state index is 0.608. The fourth-order valence-corrected chi connectivity index (χ4v) is 2.05. The van der Waals surface area contributed by atoms with Crippen molar-refractivity contribution in [1.29, 1.82) is 0 Å². The Morgan fingerprint density at radius 2 is 1.35 bits per heavy atom. The van der Waals surface area contributed by atoms with Gasteiger partial charge in [-0.3, -0.25) is 0 Å². The largest absolute Gasteiger partial charge is 0.390 e. The molecular weight excluding hydrogens is 256 g/mol. The Morgan fingerprint density at radius 1 is 0.750 bits per heavy atom. The second kappa shape index (κ2) is 9.50. The van der Waals surface area contributed by atoms with E-state index >= 15 is 0 Å². The molecule has 20 heavy (non-hydrogen) atoms. The molecule has 6 nitrogen and oxygen atoms in total. The molecule has 0 spiro atoms. The molecule has 2 rings (SSSR count). The standard InChI is InChI=1S/C14H26N4O2/c1-2-15-4-6-17-8-11-19-12-10-18(7-5-16-3-1)14-20-13-9-17/h4-7,15-16H,1-3,8-14H2/b6-4-,7-5-. The van der Waals surface area contributed by atoms with E-state index in [-0.39, 0.29) is 0 Å². The molecule has 1 saturated heterocycles. The molecule has 0 unspecified atom stereocenters. The van der Waals surface area contributed by atoms with Gasteiger partial charge >= 0.3 is 0 Å². The molecule has 0 aromatic heterocycles. The monoisotopic (exact) mass is 282 g/mol. The zero-order valence-corrected chi connectivity index (χ0v) is 12.1. The quantitative estimate of drug-likeness (QED) is 0.658. The highest BCUT2D eigenvalue weighted by molar-refractivity contribution is 4.83. The third kappa shape index (κ3) is 6.16. The molecule has 0 radical (unpaired) electrons. The van der Waals surface area contributed by atoms with Crippen LogP contribution in [-0.2, 0) is 9.47 Å². The topological polar surface area (TPSA) is 49.0 Å². The van der Waals surface area contributed by atoms with Crippen LogP contribution in [0.2, 0.25) is 0 Å². The van der Waals surface area contributed by atoms with E-state index in [0.29, 0.717) is 6.73 Å². The zero-order valence-electron chi connectivity index (χ0n) is 12.1. The third-order valence-electron chi connectivity index (χ3n) is 3.27. The zero-order chi connectivity index (χ0) is 13.9. The third-order valence-corrected chi connectivity index (χ3v) is 3.27. The Balaban J connectivity index is 1.97. The lowest BCUT2D eigenvalue weighted by Crippen LogP contribution is -2.27. The van der Waals surface area contributed by atoms with Crippen molar-refractivity contribution in [2.24, 2.45) is 0 Å². The number of rotatable bonds is 0. The Labute approximate surface area is 121 Å². The highest BCUT2D eigenvalue weighted by Gasteiger charge is 2.05. The molecule has 6 heteroatoms. The number of nitrogens with one attached hydrogen (secondary N) is 2. The van der Waals surface area contributed by atoms with Gasteiger partial charge in [-0.25, -0.2) is 0 Å². The van der Waals surface area contributed by atoms with Gasteiger partial charge in [-0.2, -0.15) is 0 Å².